The van der Waals surface area contributed by atoms with E-state index in [0.717, 1.165) is 0 Å². The third kappa shape index (κ3) is 7.44. The average Bonchev–Trinajstić information content (AvgIpc) is 2.87. The Bertz CT molecular complexity index is 1310. The Balaban J connectivity index is 1.85. The lowest BCUT2D eigenvalue weighted by atomic mass is 9.87. The third-order valence-electron chi connectivity index (χ3n) is 6.62. The lowest BCUT2D eigenvalue weighted by Gasteiger charge is -2.26. The number of aryl methyl sites for hydroxylation is 1. The molecular formula is C27H25ClF7N3O2. The van der Waals surface area contributed by atoms with E-state index in [1.807, 2.05) is 0 Å². The molecule has 1 atom stereocenters. The van der Waals surface area contributed by atoms with Gasteiger partial charge in [-0.2, -0.15) is 31.6 Å². The number of nitrogens with one attached hydrogen (secondary N) is 1. The molecule has 1 saturated carbocycles. The topological polar surface area (TPSA) is 74.5 Å². The van der Waals surface area contributed by atoms with Gasteiger partial charge in [0.25, 0.3) is 5.91 Å². The van der Waals surface area contributed by atoms with Crippen LogP contribution < -0.4 is 5.32 Å². The van der Waals surface area contributed by atoms with Gasteiger partial charge in [0.1, 0.15) is 5.82 Å². The quantitative estimate of drug-likeness (QED) is 0.201. The van der Waals surface area contributed by atoms with Crippen LogP contribution in [0.25, 0.3) is 0 Å². The molecule has 0 radical (unpaired) electrons. The van der Waals surface area contributed by atoms with Gasteiger partial charge in [-0.05, 0) is 74.4 Å². The average molecular weight is 592 g/mol. The third-order valence-corrected chi connectivity index (χ3v) is 6.89. The minimum Gasteiger partial charge on any atom is -0.377 e. The zero-order valence-corrected chi connectivity index (χ0v) is 22.1. The molecule has 0 bridgehead atoms. The van der Waals surface area contributed by atoms with E-state index < -0.39 is 40.4 Å². The number of carbonyl (C=O) groups excluding carboxylic acids is 1. The van der Waals surface area contributed by atoms with Crippen LogP contribution in [0.2, 0.25) is 5.02 Å². The summed E-state index contributed by atoms with van der Waals surface area (Å²) in [5.74, 6) is -2.08. The number of hydrogen-bond acceptors (Lipinski definition) is 4. The first-order chi connectivity index (χ1) is 18.6. The molecule has 1 fully saturated rings. The van der Waals surface area contributed by atoms with E-state index in [1.165, 1.54) is 18.2 Å². The zero-order valence-electron chi connectivity index (χ0n) is 21.4. The van der Waals surface area contributed by atoms with Crippen molar-refractivity contribution in [2.45, 2.75) is 70.4 Å². The number of rotatable bonds is 7. The summed E-state index contributed by atoms with van der Waals surface area (Å²) < 4.78 is 95.3. The van der Waals surface area contributed by atoms with Crippen LogP contribution in [0.5, 0.6) is 0 Å². The first kappa shape index (κ1) is 31.2. The van der Waals surface area contributed by atoms with E-state index in [0.29, 0.717) is 42.4 Å². The molecule has 2 aromatic carbocycles. The number of carbonyl (C=O) groups is 1. The van der Waals surface area contributed by atoms with Crippen LogP contribution in [-0.4, -0.2) is 23.8 Å². The van der Waals surface area contributed by atoms with Crippen molar-refractivity contribution in [3.05, 3.63) is 69.0 Å². The number of amides is 1. The van der Waals surface area contributed by atoms with Crippen molar-refractivity contribution in [2.24, 2.45) is 11.1 Å². The van der Waals surface area contributed by atoms with Crippen LogP contribution in [0.3, 0.4) is 0 Å². The molecule has 1 aliphatic carbocycles. The van der Waals surface area contributed by atoms with Gasteiger partial charge in [-0.1, -0.05) is 29.7 Å². The molecule has 1 unspecified atom stereocenters. The molecule has 0 saturated heterocycles. The molecule has 13 heteroatoms. The van der Waals surface area contributed by atoms with Crippen molar-refractivity contribution in [3.63, 3.8) is 0 Å². The first-order valence-corrected chi connectivity index (χ1v) is 12.7. The maximum atomic E-state index is 14.5. The molecule has 1 amide bonds. The fourth-order valence-electron chi connectivity index (χ4n) is 4.42. The van der Waals surface area contributed by atoms with E-state index in [9.17, 15) is 35.5 Å². The van der Waals surface area contributed by atoms with Crippen molar-refractivity contribution in [3.8, 4) is 6.07 Å². The number of oxime groups is 1. The van der Waals surface area contributed by atoms with Gasteiger partial charge < -0.3 is 10.2 Å². The summed E-state index contributed by atoms with van der Waals surface area (Å²) in [7, 11) is 0. The minimum absolute atomic E-state index is 0.00908. The monoisotopic (exact) mass is 591 g/mol. The van der Waals surface area contributed by atoms with E-state index in [4.69, 9.17) is 16.9 Å². The molecule has 0 heterocycles. The second-order valence-electron chi connectivity index (χ2n) is 9.46. The summed E-state index contributed by atoms with van der Waals surface area (Å²) in [6.45, 7) is 3.18. The Hall–Kier alpha value is -3.33. The highest BCUT2D eigenvalue weighted by molar-refractivity contribution is 6.30. The Morgan fingerprint density at radius 3 is 2.33 bits per heavy atom. The lowest BCUT2D eigenvalue weighted by Crippen LogP contribution is -2.37. The second kappa shape index (κ2) is 12.5. The van der Waals surface area contributed by atoms with Crippen LogP contribution in [-0.2, 0) is 11.0 Å². The Labute approximate surface area is 230 Å². The first-order valence-electron chi connectivity index (χ1n) is 12.3. The molecule has 216 valence electrons. The number of alkyl halides is 6. The van der Waals surface area contributed by atoms with Crippen molar-refractivity contribution < 1.29 is 40.4 Å². The zero-order chi connectivity index (χ0) is 29.8. The van der Waals surface area contributed by atoms with Crippen molar-refractivity contribution in [2.75, 3.05) is 0 Å². The summed E-state index contributed by atoms with van der Waals surface area (Å²) >= 11 is 5.46. The van der Waals surface area contributed by atoms with E-state index in [2.05, 4.69) is 21.4 Å². The van der Waals surface area contributed by atoms with Gasteiger partial charge in [0, 0.05) is 23.1 Å². The highest BCUT2D eigenvalue weighted by atomic mass is 35.5. The summed E-state index contributed by atoms with van der Waals surface area (Å²) in [5, 5.41) is 14.3. The van der Waals surface area contributed by atoms with E-state index in [-0.39, 0.29) is 42.1 Å². The van der Waals surface area contributed by atoms with Crippen molar-refractivity contribution >= 4 is 23.2 Å². The summed E-state index contributed by atoms with van der Waals surface area (Å²) in [6, 6.07) is 6.75. The molecule has 5 nitrogen and oxygen atoms in total. The SMILES string of the molecule is CC/C(=N\OC(c1cc(C(F)(F)F)cc(Cl)c1F)C(F)(F)F)c1ccc(C(=O)NC2CCC(C#N)CC2)c(C)c1. The summed E-state index contributed by atoms with van der Waals surface area (Å²) in [5.41, 5.74) is -1.93. The number of benzene rings is 2. The fraction of sp³-hybridized carbons (Fsp3) is 0.444. The van der Waals surface area contributed by atoms with Gasteiger partial charge in [0.05, 0.1) is 22.4 Å². The van der Waals surface area contributed by atoms with Crippen LogP contribution in [0.1, 0.15) is 77.7 Å². The molecule has 0 aromatic heterocycles. The maximum absolute atomic E-state index is 14.5. The molecule has 3 rings (SSSR count). The smallest absolute Gasteiger partial charge is 0.377 e. The molecule has 2 aromatic rings. The van der Waals surface area contributed by atoms with Crippen LogP contribution >= 0.6 is 11.6 Å². The molecule has 0 aliphatic heterocycles. The highest BCUT2D eigenvalue weighted by Crippen LogP contribution is 2.42. The number of halogens is 8. The molecule has 1 aliphatic rings. The lowest BCUT2D eigenvalue weighted by molar-refractivity contribution is -0.225. The van der Waals surface area contributed by atoms with Gasteiger partial charge in [-0.3, -0.25) is 4.79 Å². The van der Waals surface area contributed by atoms with E-state index in [1.54, 1.807) is 13.8 Å². The molecule has 0 spiro atoms. The Morgan fingerprint density at radius 1 is 1.15 bits per heavy atom. The number of nitriles is 1. The van der Waals surface area contributed by atoms with Crippen molar-refractivity contribution in [1.29, 1.82) is 5.26 Å². The normalized spacial score (nSPS) is 19.1. The summed E-state index contributed by atoms with van der Waals surface area (Å²) in [4.78, 5) is 17.4. The predicted octanol–water partition coefficient (Wildman–Crippen LogP) is 8.05. The highest BCUT2D eigenvalue weighted by Gasteiger charge is 2.47. The standard InChI is InChI=1S/C27H25ClF7N3O2/c1-3-22(16-6-9-19(14(2)10-16)25(39)37-18-7-4-15(13-36)5-8-18)38-40-24(27(33,34)35)20-11-17(26(30,31)32)12-21(28)23(20)29/h6,9-12,15,18,24H,3-5,7-8H2,1-2H3,(H,37,39)/b38-22+. The van der Waals surface area contributed by atoms with Crippen molar-refractivity contribution in [1.82, 2.24) is 5.32 Å². The van der Waals surface area contributed by atoms with Gasteiger partial charge in [0.2, 0.25) is 6.10 Å². The Kier molecular flexibility index (Phi) is 9.72. The molecular weight excluding hydrogens is 567 g/mol. The molecule has 40 heavy (non-hydrogen) atoms. The number of nitrogens with zero attached hydrogens (tertiary/aromatic N) is 2. The number of hydrogen-bond donors (Lipinski definition) is 1. The Morgan fingerprint density at radius 2 is 1.80 bits per heavy atom. The fourth-order valence-corrected chi connectivity index (χ4v) is 4.65. The maximum Gasteiger partial charge on any atom is 0.432 e. The van der Waals surface area contributed by atoms with Gasteiger partial charge in [0.15, 0.2) is 0 Å². The van der Waals surface area contributed by atoms with Gasteiger partial charge >= 0.3 is 12.4 Å². The van der Waals surface area contributed by atoms with Gasteiger partial charge in [-0.15, -0.1) is 0 Å². The minimum atomic E-state index is -5.33. The van der Waals surface area contributed by atoms with Crippen LogP contribution in [0.15, 0.2) is 35.5 Å². The molecule has 1 N–H and O–H groups in total. The van der Waals surface area contributed by atoms with Crippen LogP contribution in [0.4, 0.5) is 30.7 Å². The van der Waals surface area contributed by atoms with Crippen LogP contribution in [0, 0.1) is 30.0 Å². The van der Waals surface area contributed by atoms with E-state index >= 15 is 0 Å². The van der Waals surface area contributed by atoms with Gasteiger partial charge in [-0.25, -0.2) is 4.39 Å². The summed E-state index contributed by atoms with van der Waals surface area (Å²) in [6.07, 6.45) is -10.8. The largest absolute Gasteiger partial charge is 0.432 e. The predicted molar refractivity (Wildman–Crippen MR) is 133 cm³/mol. The second-order valence-corrected chi connectivity index (χ2v) is 9.87.